The summed E-state index contributed by atoms with van der Waals surface area (Å²) >= 11 is 1.72. The van der Waals surface area contributed by atoms with E-state index in [1.807, 2.05) is 18.0 Å². The molecule has 0 saturated heterocycles. The van der Waals surface area contributed by atoms with Gasteiger partial charge in [0.25, 0.3) is 0 Å². The molecule has 0 saturated carbocycles. The van der Waals surface area contributed by atoms with Crippen LogP contribution in [-0.2, 0) is 6.42 Å². The number of halogens is 1. The summed E-state index contributed by atoms with van der Waals surface area (Å²) in [6.45, 7) is 3.72. The van der Waals surface area contributed by atoms with Crippen LogP contribution < -0.4 is 4.90 Å². The molecule has 0 bridgehead atoms. The van der Waals surface area contributed by atoms with Gasteiger partial charge in [-0.3, -0.25) is 0 Å². The van der Waals surface area contributed by atoms with E-state index in [0.717, 1.165) is 6.42 Å². The molecule has 1 aromatic heterocycles. The third-order valence-corrected chi connectivity index (χ3v) is 4.47. The van der Waals surface area contributed by atoms with Crippen LogP contribution in [0.15, 0.2) is 35.7 Å². The van der Waals surface area contributed by atoms with E-state index in [9.17, 15) is 9.50 Å². The van der Waals surface area contributed by atoms with Gasteiger partial charge in [-0.15, -0.1) is 11.3 Å². The molecule has 2 atom stereocenters. The first-order chi connectivity index (χ1) is 9.49. The SMILES string of the molecule is CC(O)c1ccc(N(C)C(C)Cc2cccs2)c(F)c1. The molecule has 0 amide bonds. The maximum atomic E-state index is 14.1. The molecule has 0 spiro atoms. The van der Waals surface area contributed by atoms with Gasteiger partial charge >= 0.3 is 0 Å². The van der Waals surface area contributed by atoms with Crippen LogP contribution >= 0.6 is 11.3 Å². The molecule has 2 rings (SSSR count). The van der Waals surface area contributed by atoms with E-state index in [2.05, 4.69) is 18.4 Å². The lowest BCUT2D eigenvalue weighted by Crippen LogP contribution is -2.31. The summed E-state index contributed by atoms with van der Waals surface area (Å²) in [4.78, 5) is 3.24. The number of rotatable bonds is 5. The monoisotopic (exact) mass is 293 g/mol. The number of aliphatic hydroxyl groups excluding tert-OH is 1. The van der Waals surface area contributed by atoms with E-state index in [4.69, 9.17) is 0 Å². The first kappa shape index (κ1) is 15.0. The van der Waals surface area contributed by atoms with Gasteiger partial charge in [0.1, 0.15) is 5.82 Å². The van der Waals surface area contributed by atoms with Crippen LogP contribution in [0.5, 0.6) is 0 Å². The van der Waals surface area contributed by atoms with E-state index >= 15 is 0 Å². The van der Waals surface area contributed by atoms with Gasteiger partial charge in [-0.25, -0.2) is 4.39 Å². The highest BCUT2D eigenvalue weighted by Crippen LogP contribution is 2.25. The average molecular weight is 293 g/mol. The van der Waals surface area contributed by atoms with Gasteiger partial charge in [-0.05, 0) is 43.0 Å². The Morgan fingerprint density at radius 3 is 2.60 bits per heavy atom. The fourth-order valence-corrected chi connectivity index (χ4v) is 2.99. The molecule has 0 aliphatic carbocycles. The van der Waals surface area contributed by atoms with Crippen LogP contribution in [0.2, 0.25) is 0 Å². The van der Waals surface area contributed by atoms with Gasteiger partial charge in [-0.1, -0.05) is 12.1 Å². The van der Waals surface area contributed by atoms with Gasteiger partial charge in [0.15, 0.2) is 0 Å². The summed E-state index contributed by atoms with van der Waals surface area (Å²) < 4.78 is 14.1. The third kappa shape index (κ3) is 3.38. The summed E-state index contributed by atoms with van der Waals surface area (Å²) in [5, 5.41) is 11.5. The molecule has 1 aromatic carbocycles. The minimum absolute atomic E-state index is 0.209. The number of aliphatic hydroxyl groups is 1. The van der Waals surface area contributed by atoms with Gasteiger partial charge in [0, 0.05) is 24.4 Å². The Kier molecular flexibility index (Phi) is 4.78. The molecule has 2 aromatic rings. The molecule has 0 fully saturated rings. The lowest BCUT2D eigenvalue weighted by atomic mass is 10.1. The van der Waals surface area contributed by atoms with Crippen molar-refractivity contribution in [1.29, 1.82) is 0 Å². The Hall–Kier alpha value is -1.39. The van der Waals surface area contributed by atoms with E-state index < -0.39 is 6.10 Å². The van der Waals surface area contributed by atoms with Gasteiger partial charge in [0.05, 0.1) is 11.8 Å². The van der Waals surface area contributed by atoms with Gasteiger partial charge in [-0.2, -0.15) is 0 Å². The number of hydrogen-bond acceptors (Lipinski definition) is 3. The summed E-state index contributed by atoms with van der Waals surface area (Å²) in [5.41, 5.74) is 1.17. The molecule has 0 aliphatic heterocycles. The van der Waals surface area contributed by atoms with Crippen LogP contribution in [0.4, 0.5) is 10.1 Å². The first-order valence-corrected chi connectivity index (χ1v) is 7.59. The number of nitrogens with zero attached hydrogens (tertiary/aromatic N) is 1. The van der Waals surface area contributed by atoms with Crippen molar-refractivity contribution in [3.8, 4) is 0 Å². The highest BCUT2D eigenvalue weighted by molar-refractivity contribution is 7.09. The summed E-state index contributed by atoms with van der Waals surface area (Å²) in [5.74, 6) is -0.288. The van der Waals surface area contributed by atoms with E-state index in [1.165, 1.54) is 10.9 Å². The number of thiophene rings is 1. The standard InChI is InChI=1S/C16H20FNOS/c1-11(9-14-5-4-8-20-14)18(3)16-7-6-13(12(2)19)10-15(16)17/h4-8,10-12,19H,9H2,1-3H3. The number of anilines is 1. The second kappa shape index (κ2) is 6.37. The van der Waals surface area contributed by atoms with Gasteiger partial charge < -0.3 is 10.0 Å². The molecule has 20 heavy (non-hydrogen) atoms. The molecule has 4 heteroatoms. The van der Waals surface area contributed by atoms with Crippen molar-refractivity contribution < 1.29 is 9.50 Å². The highest BCUT2D eigenvalue weighted by Gasteiger charge is 2.16. The second-order valence-corrected chi connectivity index (χ2v) is 6.16. The minimum Gasteiger partial charge on any atom is -0.389 e. The first-order valence-electron chi connectivity index (χ1n) is 6.71. The highest BCUT2D eigenvalue weighted by atomic mass is 32.1. The Bertz CT molecular complexity index is 554. The number of likely N-dealkylation sites (N-methyl/N-ethyl adjacent to an activating group) is 1. The lowest BCUT2D eigenvalue weighted by molar-refractivity contribution is 0.199. The largest absolute Gasteiger partial charge is 0.389 e. The predicted molar refractivity (Wildman–Crippen MR) is 82.9 cm³/mol. The molecule has 0 radical (unpaired) electrons. The Labute approximate surface area is 123 Å². The molecule has 2 nitrogen and oxygen atoms in total. The van der Waals surface area contributed by atoms with E-state index in [-0.39, 0.29) is 11.9 Å². The topological polar surface area (TPSA) is 23.5 Å². The summed E-state index contributed by atoms with van der Waals surface area (Å²) in [6, 6.07) is 9.27. The van der Waals surface area contributed by atoms with Crippen LogP contribution in [0, 0.1) is 5.82 Å². The van der Waals surface area contributed by atoms with E-state index in [0.29, 0.717) is 11.3 Å². The zero-order chi connectivity index (χ0) is 14.7. The normalized spacial score (nSPS) is 14.1. The summed E-state index contributed by atoms with van der Waals surface area (Å²) in [6.07, 6.45) is 0.249. The molecular formula is C16H20FNOS. The van der Waals surface area contributed by atoms with Crippen molar-refractivity contribution in [2.45, 2.75) is 32.4 Å². The quantitative estimate of drug-likeness (QED) is 0.900. The molecule has 0 aliphatic rings. The van der Waals surface area contributed by atoms with Gasteiger partial charge in [0.2, 0.25) is 0 Å². The molecule has 1 heterocycles. The van der Waals surface area contributed by atoms with Crippen LogP contribution in [0.3, 0.4) is 0 Å². The second-order valence-electron chi connectivity index (χ2n) is 5.13. The third-order valence-electron chi connectivity index (χ3n) is 3.57. The van der Waals surface area contributed by atoms with Crippen LogP contribution in [0.1, 0.15) is 30.4 Å². The molecule has 108 valence electrons. The lowest BCUT2D eigenvalue weighted by Gasteiger charge is -2.27. The van der Waals surface area contributed by atoms with Crippen LogP contribution in [0.25, 0.3) is 0 Å². The minimum atomic E-state index is -0.646. The number of hydrogen-bond donors (Lipinski definition) is 1. The van der Waals surface area contributed by atoms with Crippen molar-refractivity contribution in [3.05, 3.63) is 52.0 Å². The Morgan fingerprint density at radius 2 is 2.05 bits per heavy atom. The van der Waals surface area contributed by atoms with Crippen LogP contribution in [-0.4, -0.2) is 18.2 Å². The van der Waals surface area contributed by atoms with Crippen molar-refractivity contribution in [3.63, 3.8) is 0 Å². The maximum Gasteiger partial charge on any atom is 0.146 e. The van der Waals surface area contributed by atoms with Crippen molar-refractivity contribution in [2.75, 3.05) is 11.9 Å². The zero-order valence-electron chi connectivity index (χ0n) is 12.0. The van der Waals surface area contributed by atoms with Crippen molar-refractivity contribution in [1.82, 2.24) is 0 Å². The zero-order valence-corrected chi connectivity index (χ0v) is 12.8. The average Bonchev–Trinajstić information content (AvgIpc) is 2.90. The fourth-order valence-electron chi connectivity index (χ4n) is 2.16. The molecular weight excluding hydrogens is 273 g/mol. The number of benzene rings is 1. The summed E-state index contributed by atoms with van der Waals surface area (Å²) in [7, 11) is 1.90. The van der Waals surface area contributed by atoms with Crippen molar-refractivity contribution in [2.24, 2.45) is 0 Å². The maximum absolute atomic E-state index is 14.1. The Morgan fingerprint density at radius 1 is 1.30 bits per heavy atom. The smallest absolute Gasteiger partial charge is 0.146 e. The molecule has 2 unspecified atom stereocenters. The molecule has 1 N–H and O–H groups in total. The Balaban J connectivity index is 2.14. The van der Waals surface area contributed by atoms with E-state index in [1.54, 1.807) is 30.4 Å². The fraction of sp³-hybridized carbons (Fsp3) is 0.375. The predicted octanol–water partition coefficient (Wildman–Crippen LogP) is 4.01. The van der Waals surface area contributed by atoms with Crippen molar-refractivity contribution >= 4 is 17.0 Å².